The summed E-state index contributed by atoms with van der Waals surface area (Å²) in [6.45, 7) is 0.597. The number of hydrogen-bond donors (Lipinski definition) is 1. The Morgan fingerprint density at radius 3 is 3.07 bits per heavy atom. The molecular formula is C9H12N2O3. The number of aromatic carboxylic acids is 1. The fraction of sp³-hybridized carbons (Fsp3) is 0.556. The van der Waals surface area contributed by atoms with Gasteiger partial charge in [0.1, 0.15) is 5.56 Å². The van der Waals surface area contributed by atoms with E-state index in [4.69, 9.17) is 9.84 Å². The Morgan fingerprint density at radius 2 is 2.50 bits per heavy atom. The van der Waals surface area contributed by atoms with Gasteiger partial charge in [0.05, 0.1) is 12.8 Å². The van der Waals surface area contributed by atoms with Gasteiger partial charge in [-0.15, -0.1) is 0 Å². The van der Waals surface area contributed by atoms with E-state index in [-0.39, 0.29) is 5.56 Å². The van der Waals surface area contributed by atoms with Gasteiger partial charge in [0.15, 0.2) is 0 Å². The lowest BCUT2D eigenvalue weighted by atomic mass is 10.3. The number of carboxylic acid groups (broad SMARTS) is 1. The third kappa shape index (κ3) is 1.71. The summed E-state index contributed by atoms with van der Waals surface area (Å²) < 4.78 is 6.86. The van der Waals surface area contributed by atoms with Gasteiger partial charge in [-0.25, -0.2) is 9.48 Å². The first-order valence-corrected chi connectivity index (χ1v) is 4.56. The molecule has 76 valence electrons. The van der Waals surface area contributed by atoms with Crippen LogP contribution in [-0.2, 0) is 7.05 Å². The number of carbonyl (C=O) groups is 1. The number of rotatable bonds is 4. The summed E-state index contributed by atoms with van der Waals surface area (Å²) in [5, 5.41) is 12.7. The van der Waals surface area contributed by atoms with Crippen molar-refractivity contribution < 1.29 is 14.6 Å². The van der Waals surface area contributed by atoms with E-state index in [1.807, 2.05) is 0 Å². The number of hydrogen-bond acceptors (Lipinski definition) is 3. The zero-order valence-electron chi connectivity index (χ0n) is 7.93. The number of carboxylic acids is 1. The zero-order valence-corrected chi connectivity index (χ0v) is 7.93. The first-order chi connectivity index (χ1) is 6.68. The zero-order chi connectivity index (χ0) is 10.1. The molecule has 14 heavy (non-hydrogen) atoms. The minimum Gasteiger partial charge on any atom is -0.477 e. The number of nitrogens with zero attached hydrogens (tertiary/aromatic N) is 2. The molecule has 5 heteroatoms. The predicted molar refractivity (Wildman–Crippen MR) is 48.4 cm³/mol. The van der Waals surface area contributed by atoms with E-state index in [2.05, 4.69) is 5.10 Å². The summed E-state index contributed by atoms with van der Waals surface area (Å²) in [7, 11) is 1.68. The number of ether oxygens (including phenoxy) is 1. The molecule has 1 aliphatic rings. The fourth-order valence-corrected chi connectivity index (χ4v) is 1.23. The van der Waals surface area contributed by atoms with E-state index in [1.54, 1.807) is 7.05 Å². The average molecular weight is 196 g/mol. The second kappa shape index (κ2) is 3.32. The van der Waals surface area contributed by atoms with Crippen molar-refractivity contribution in [2.24, 2.45) is 13.0 Å². The van der Waals surface area contributed by atoms with Crippen LogP contribution in [0.4, 0.5) is 0 Å². The van der Waals surface area contributed by atoms with E-state index >= 15 is 0 Å². The minimum absolute atomic E-state index is 0.133. The van der Waals surface area contributed by atoms with Crippen LogP contribution in [0.3, 0.4) is 0 Å². The van der Waals surface area contributed by atoms with Gasteiger partial charge in [-0.1, -0.05) is 0 Å². The second-order valence-electron chi connectivity index (χ2n) is 3.55. The lowest BCUT2D eigenvalue weighted by Gasteiger charge is -2.05. The molecule has 0 radical (unpaired) electrons. The van der Waals surface area contributed by atoms with E-state index < -0.39 is 5.97 Å². The Kier molecular flexibility index (Phi) is 2.15. The van der Waals surface area contributed by atoms with Crippen LogP contribution in [0, 0.1) is 5.92 Å². The smallest absolute Gasteiger partial charge is 0.342 e. The van der Waals surface area contributed by atoms with Crippen LogP contribution in [0.25, 0.3) is 0 Å². The van der Waals surface area contributed by atoms with E-state index in [1.165, 1.54) is 23.7 Å². The van der Waals surface area contributed by atoms with Gasteiger partial charge >= 0.3 is 5.97 Å². The predicted octanol–water partition coefficient (Wildman–Crippen LogP) is 0.907. The Morgan fingerprint density at radius 1 is 1.79 bits per heavy atom. The van der Waals surface area contributed by atoms with Crippen molar-refractivity contribution in [1.82, 2.24) is 9.78 Å². The fourth-order valence-electron chi connectivity index (χ4n) is 1.23. The molecule has 2 rings (SSSR count). The molecule has 0 saturated heterocycles. The van der Waals surface area contributed by atoms with Crippen molar-refractivity contribution in [2.75, 3.05) is 6.61 Å². The van der Waals surface area contributed by atoms with Crippen LogP contribution in [0.5, 0.6) is 5.88 Å². The summed E-state index contributed by atoms with van der Waals surface area (Å²) in [6, 6.07) is 0. The molecule has 1 N–H and O–H groups in total. The highest BCUT2D eigenvalue weighted by Gasteiger charge is 2.24. The summed E-state index contributed by atoms with van der Waals surface area (Å²) in [4.78, 5) is 10.8. The summed E-state index contributed by atoms with van der Waals surface area (Å²) in [6.07, 6.45) is 3.67. The highest BCUT2D eigenvalue weighted by molar-refractivity contribution is 5.89. The Labute approximate surface area is 81.3 Å². The van der Waals surface area contributed by atoms with Crippen LogP contribution in [-0.4, -0.2) is 27.5 Å². The molecule has 0 aromatic carbocycles. The maximum absolute atomic E-state index is 10.8. The molecule has 0 aliphatic heterocycles. The maximum Gasteiger partial charge on any atom is 0.342 e. The Balaban J connectivity index is 2.11. The number of aryl methyl sites for hydroxylation is 1. The van der Waals surface area contributed by atoms with Gasteiger partial charge in [-0.05, 0) is 18.8 Å². The molecule has 1 aliphatic carbocycles. The standard InChI is InChI=1S/C9H12N2O3/c1-11-8(14-5-6-2-3-6)7(4-10-11)9(12)13/h4,6H,2-3,5H2,1H3,(H,12,13). The topological polar surface area (TPSA) is 64.4 Å². The summed E-state index contributed by atoms with van der Waals surface area (Å²) in [5.41, 5.74) is 0.133. The normalized spacial score (nSPS) is 15.5. The third-order valence-electron chi connectivity index (χ3n) is 2.27. The molecule has 0 unspecified atom stereocenters. The highest BCUT2D eigenvalue weighted by Crippen LogP contribution is 2.30. The lowest BCUT2D eigenvalue weighted by Crippen LogP contribution is -2.07. The Hall–Kier alpha value is -1.52. The molecule has 5 nitrogen and oxygen atoms in total. The van der Waals surface area contributed by atoms with Crippen LogP contribution in [0.15, 0.2) is 6.20 Å². The van der Waals surface area contributed by atoms with Gasteiger partial charge in [-0.3, -0.25) is 0 Å². The molecular weight excluding hydrogens is 184 g/mol. The van der Waals surface area contributed by atoms with Gasteiger partial charge in [-0.2, -0.15) is 5.10 Å². The summed E-state index contributed by atoms with van der Waals surface area (Å²) >= 11 is 0. The maximum atomic E-state index is 10.8. The molecule has 1 aromatic rings. The summed E-state index contributed by atoms with van der Waals surface area (Å²) in [5.74, 6) is -0.0418. The molecule has 0 atom stereocenters. The van der Waals surface area contributed by atoms with Crippen LogP contribution in [0.2, 0.25) is 0 Å². The first kappa shape index (κ1) is 9.05. The molecule has 0 bridgehead atoms. The van der Waals surface area contributed by atoms with Crippen LogP contribution < -0.4 is 4.74 Å². The molecule has 1 heterocycles. The molecule has 1 saturated carbocycles. The second-order valence-corrected chi connectivity index (χ2v) is 3.55. The molecule has 0 amide bonds. The van der Waals surface area contributed by atoms with Gasteiger partial charge in [0.2, 0.25) is 5.88 Å². The van der Waals surface area contributed by atoms with E-state index in [0.29, 0.717) is 18.4 Å². The Bertz CT molecular complexity index is 355. The van der Waals surface area contributed by atoms with Gasteiger partial charge in [0, 0.05) is 7.05 Å². The monoisotopic (exact) mass is 196 g/mol. The quantitative estimate of drug-likeness (QED) is 0.777. The lowest BCUT2D eigenvalue weighted by molar-refractivity contribution is 0.0691. The molecule has 1 fully saturated rings. The van der Waals surface area contributed by atoms with Gasteiger partial charge < -0.3 is 9.84 Å². The number of aromatic nitrogens is 2. The van der Waals surface area contributed by atoms with Crippen molar-refractivity contribution in [2.45, 2.75) is 12.8 Å². The van der Waals surface area contributed by atoms with Gasteiger partial charge in [0.25, 0.3) is 0 Å². The van der Waals surface area contributed by atoms with Crippen LogP contribution in [0.1, 0.15) is 23.2 Å². The van der Waals surface area contributed by atoms with Crippen molar-refractivity contribution in [3.05, 3.63) is 11.8 Å². The van der Waals surface area contributed by atoms with Crippen molar-refractivity contribution in [1.29, 1.82) is 0 Å². The third-order valence-corrected chi connectivity index (χ3v) is 2.27. The van der Waals surface area contributed by atoms with E-state index in [0.717, 1.165) is 0 Å². The van der Waals surface area contributed by atoms with Crippen molar-refractivity contribution >= 4 is 5.97 Å². The largest absolute Gasteiger partial charge is 0.477 e. The first-order valence-electron chi connectivity index (χ1n) is 4.56. The van der Waals surface area contributed by atoms with E-state index in [9.17, 15) is 4.79 Å². The minimum atomic E-state index is -0.996. The molecule has 1 aromatic heterocycles. The van der Waals surface area contributed by atoms with Crippen molar-refractivity contribution in [3.8, 4) is 5.88 Å². The molecule has 0 spiro atoms. The highest BCUT2D eigenvalue weighted by atomic mass is 16.5. The average Bonchev–Trinajstić information content (AvgIpc) is 2.87. The van der Waals surface area contributed by atoms with Crippen molar-refractivity contribution in [3.63, 3.8) is 0 Å². The van der Waals surface area contributed by atoms with Crippen LogP contribution >= 0.6 is 0 Å². The SMILES string of the molecule is Cn1ncc(C(=O)O)c1OCC1CC1.